The molecular formula is C21H20N4O3S2. The van der Waals surface area contributed by atoms with Gasteiger partial charge in [0.1, 0.15) is 0 Å². The van der Waals surface area contributed by atoms with Crippen LogP contribution < -0.4 is 5.32 Å². The molecule has 0 aliphatic rings. The van der Waals surface area contributed by atoms with E-state index in [4.69, 9.17) is 0 Å². The molecule has 0 aliphatic heterocycles. The molecule has 9 heteroatoms. The van der Waals surface area contributed by atoms with E-state index in [1.807, 2.05) is 37.6 Å². The number of amides is 1. The van der Waals surface area contributed by atoms with Crippen molar-refractivity contribution in [3.63, 3.8) is 0 Å². The molecule has 0 radical (unpaired) electrons. The van der Waals surface area contributed by atoms with Crippen LogP contribution in [-0.2, 0) is 9.84 Å². The summed E-state index contributed by atoms with van der Waals surface area (Å²) in [6.45, 7) is 5.87. The minimum absolute atomic E-state index is 0.200. The Labute approximate surface area is 178 Å². The average molecular weight is 441 g/mol. The third kappa shape index (κ3) is 3.86. The number of anilines is 1. The lowest BCUT2D eigenvalue weighted by molar-refractivity contribution is 0.102. The number of benzene rings is 2. The second-order valence-electron chi connectivity index (χ2n) is 7.22. The van der Waals surface area contributed by atoms with E-state index in [1.165, 1.54) is 17.4 Å². The van der Waals surface area contributed by atoms with Gasteiger partial charge in [0, 0.05) is 17.5 Å². The van der Waals surface area contributed by atoms with Crippen LogP contribution in [0.4, 0.5) is 5.13 Å². The summed E-state index contributed by atoms with van der Waals surface area (Å²) in [6, 6.07) is 12.2. The van der Waals surface area contributed by atoms with E-state index in [9.17, 15) is 13.2 Å². The monoisotopic (exact) mass is 440 g/mol. The van der Waals surface area contributed by atoms with Crippen molar-refractivity contribution in [3.05, 3.63) is 65.0 Å². The van der Waals surface area contributed by atoms with E-state index in [-0.39, 0.29) is 10.8 Å². The van der Waals surface area contributed by atoms with Crippen LogP contribution in [0.15, 0.2) is 47.4 Å². The zero-order valence-corrected chi connectivity index (χ0v) is 18.6. The third-order valence-corrected chi connectivity index (χ3v) is 6.78. The number of nitrogens with one attached hydrogen (secondary N) is 1. The maximum atomic E-state index is 12.8. The third-order valence-electron chi connectivity index (χ3n) is 4.72. The van der Waals surface area contributed by atoms with Gasteiger partial charge in [-0.05, 0) is 62.7 Å². The summed E-state index contributed by atoms with van der Waals surface area (Å²) in [5.41, 5.74) is 4.76. The van der Waals surface area contributed by atoms with Crippen LogP contribution >= 0.6 is 11.3 Å². The van der Waals surface area contributed by atoms with Gasteiger partial charge >= 0.3 is 0 Å². The molecule has 1 amide bonds. The van der Waals surface area contributed by atoms with Gasteiger partial charge in [-0.1, -0.05) is 17.4 Å². The maximum Gasteiger partial charge on any atom is 0.257 e. The normalized spacial score (nSPS) is 11.7. The van der Waals surface area contributed by atoms with Crippen molar-refractivity contribution in [1.29, 1.82) is 0 Å². The van der Waals surface area contributed by atoms with Crippen LogP contribution in [0.2, 0.25) is 0 Å². The first kappa shape index (κ1) is 20.2. The molecule has 30 heavy (non-hydrogen) atoms. The Morgan fingerprint density at radius 2 is 1.83 bits per heavy atom. The number of hydrogen-bond acceptors (Lipinski definition) is 6. The van der Waals surface area contributed by atoms with E-state index in [0.717, 1.165) is 33.6 Å². The lowest BCUT2D eigenvalue weighted by Gasteiger charge is -2.10. The first-order valence-electron chi connectivity index (χ1n) is 9.18. The second-order valence-corrected chi connectivity index (χ2v) is 10.3. The van der Waals surface area contributed by atoms with Crippen molar-refractivity contribution in [2.45, 2.75) is 25.7 Å². The van der Waals surface area contributed by atoms with Crippen molar-refractivity contribution in [1.82, 2.24) is 14.8 Å². The van der Waals surface area contributed by atoms with Gasteiger partial charge < -0.3 is 0 Å². The fraction of sp³-hybridized carbons (Fsp3) is 0.190. The predicted molar refractivity (Wildman–Crippen MR) is 118 cm³/mol. The molecule has 2 heterocycles. The number of nitrogens with zero attached hydrogens (tertiary/aromatic N) is 3. The number of aryl methyl sites for hydroxylation is 3. The lowest BCUT2D eigenvalue weighted by Crippen LogP contribution is -2.13. The van der Waals surface area contributed by atoms with E-state index >= 15 is 0 Å². The maximum absolute atomic E-state index is 12.8. The van der Waals surface area contributed by atoms with Gasteiger partial charge in [0.05, 0.1) is 26.5 Å². The molecule has 1 N–H and O–H groups in total. The molecule has 0 aliphatic carbocycles. The van der Waals surface area contributed by atoms with Gasteiger partial charge in [-0.15, -0.1) is 0 Å². The predicted octanol–water partition coefficient (Wildman–Crippen LogP) is 4.06. The summed E-state index contributed by atoms with van der Waals surface area (Å²) in [4.78, 5) is 17.4. The van der Waals surface area contributed by atoms with Crippen LogP contribution in [0.25, 0.3) is 15.9 Å². The smallest absolute Gasteiger partial charge is 0.257 e. The van der Waals surface area contributed by atoms with E-state index < -0.39 is 9.84 Å². The fourth-order valence-corrected chi connectivity index (χ4v) is 4.69. The molecule has 2 aromatic heterocycles. The summed E-state index contributed by atoms with van der Waals surface area (Å²) in [5.74, 6) is -0.292. The number of rotatable bonds is 4. The van der Waals surface area contributed by atoms with Crippen molar-refractivity contribution < 1.29 is 13.2 Å². The highest BCUT2D eigenvalue weighted by atomic mass is 32.2. The fourth-order valence-electron chi connectivity index (χ4n) is 3.21. The summed E-state index contributed by atoms with van der Waals surface area (Å²) >= 11 is 1.29. The van der Waals surface area contributed by atoms with Crippen molar-refractivity contribution in [2.75, 3.05) is 11.6 Å². The number of carbonyl (C=O) groups is 1. The summed E-state index contributed by atoms with van der Waals surface area (Å²) < 4.78 is 26.1. The second kappa shape index (κ2) is 7.33. The molecule has 4 aromatic rings. The first-order valence-corrected chi connectivity index (χ1v) is 11.9. The standard InChI is InChI=1S/C21H20N4O3S2/c1-12-5-6-15(10-18(12)25-14(3)9-13(2)24-25)20(26)23-21-22-17-11-16(30(4,27)28)7-8-19(17)29-21/h5-11H,1-4H3,(H,22,23,26). The SMILES string of the molecule is Cc1cc(C)n(-c2cc(C(=O)Nc3nc4cc(S(C)(=O)=O)ccc4s3)ccc2C)n1. The van der Waals surface area contributed by atoms with Gasteiger partial charge in [0.25, 0.3) is 5.91 Å². The Balaban J connectivity index is 1.64. The summed E-state index contributed by atoms with van der Waals surface area (Å²) in [7, 11) is -3.32. The molecule has 0 atom stereocenters. The van der Waals surface area contributed by atoms with E-state index in [2.05, 4.69) is 15.4 Å². The number of hydrogen-bond donors (Lipinski definition) is 1. The topological polar surface area (TPSA) is 94.0 Å². The molecule has 0 saturated carbocycles. The van der Waals surface area contributed by atoms with Gasteiger partial charge in [0.15, 0.2) is 15.0 Å². The van der Waals surface area contributed by atoms with Crippen LogP contribution in [0.5, 0.6) is 0 Å². The Morgan fingerprint density at radius 3 is 2.50 bits per heavy atom. The largest absolute Gasteiger partial charge is 0.298 e. The Kier molecular flexibility index (Phi) is 4.95. The number of aromatic nitrogens is 3. The quantitative estimate of drug-likeness (QED) is 0.516. The van der Waals surface area contributed by atoms with Crippen molar-refractivity contribution in [2.24, 2.45) is 0 Å². The summed E-state index contributed by atoms with van der Waals surface area (Å²) in [5, 5.41) is 7.73. The van der Waals surface area contributed by atoms with Crippen LogP contribution in [0.1, 0.15) is 27.3 Å². The Bertz CT molecular complexity index is 1400. The van der Waals surface area contributed by atoms with Gasteiger partial charge in [-0.3, -0.25) is 10.1 Å². The molecule has 2 aromatic carbocycles. The van der Waals surface area contributed by atoms with Crippen LogP contribution in [0.3, 0.4) is 0 Å². The van der Waals surface area contributed by atoms with Crippen LogP contribution in [-0.4, -0.2) is 35.3 Å². The number of carbonyl (C=O) groups excluding carboxylic acids is 1. The number of fused-ring (bicyclic) bond motifs is 1. The Morgan fingerprint density at radius 1 is 1.07 bits per heavy atom. The first-order chi connectivity index (χ1) is 14.1. The van der Waals surface area contributed by atoms with Crippen LogP contribution in [0, 0.1) is 20.8 Å². The van der Waals surface area contributed by atoms with Gasteiger partial charge in [0.2, 0.25) is 0 Å². The summed E-state index contributed by atoms with van der Waals surface area (Å²) in [6.07, 6.45) is 1.15. The molecular weight excluding hydrogens is 420 g/mol. The number of sulfone groups is 1. The zero-order chi connectivity index (χ0) is 21.6. The average Bonchev–Trinajstić information content (AvgIpc) is 3.22. The minimum Gasteiger partial charge on any atom is -0.298 e. The molecule has 0 saturated heterocycles. The van der Waals surface area contributed by atoms with Gasteiger partial charge in [-0.25, -0.2) is 18.1 Å². The highest BCUT2D eigenvalue weighted by Gasteiger charge is 2.15. The van der Waals surface area contributed by atoms with Crippen molar-refractivity contribution in [3.8, 4) is 5.69 Å². The van der Waals surface area contributed by atoms with E-state index in [0.29, 0.717) is 16.2 Å². The molecule has 0 bridgehead atoms. The molecule has 0 unspecified atom stereocenters. The highest BCUT2D eigenvalue weighted by molar-refractivity contribution is 7.90. The molecule has 154 valence electrons. The molecule has 7 nitrogen and oxygen atoms in total. The lowest BCUT2D eigenvalue weighted by atomic mass is 10.1. The highest BCUT2D eigenvalue weighted by Crippen LogP contribution is 2.28. The van der Waals surface area contributed by atoms with E-state index in [1.54, 1.807) is 24.3 Å². The van der Waals surface area contributed by atoms with Gasteiger partial charge in [-0.2, -0.15) is 5.10 Å². The number of thiazole rings is 1. The molecule has 0 spiro atoms. The van der Waals surface area contributed by atoms with Crippen molar-refractivity contribution >= 4 is 42.4 Å². The minimum atomic E-state index is -3.32. The molecule has 0 fully saturated rings. The molecule has 4 rings (SSSR count). The zero-order valence-electron chi connectivity index (χ0n) is 16.9. The Hall–Kier alpha value is -3.04.